The van der Waals surface area contributed by atoms with E-state index >= 15 is 0 Å². The first-order chi connectivity index (χ1) is 21.9. The summed E-state index contributed by atoms with van der Waals surface area (Å²) in [6.07, 6.45) is 6.03. The molecule has 13 heteroatoms. The maximum Gasteiger partial charge on any atom is 0.421 e. The highest BCUT2D eigenvalue weighted by Gasteiger charge is 2.29. The average molecular weight is 621 g/mol. The fraction of sp³-hybridized carbons (Fsp3) is 0.125. The number of benzene rings is 3. The van der Waals surface area contributed by atoms with Gasteiger partial charge in [0.15, 0.2) is 0 Å². The molecular formula is C32H25ClN8O4. The fourth-order valence-corrected chi connectivity index (χ4v) is 5.05. The van der Waals surface area contributed by atoms with Crippen molar-refractivity contribution in [1.29, 1.82) is 0 Å². The minimum atomic E-state index is -0.692. The summed E-state index contributed by atoms with van der Waals surface area (Å²) >= 11 is 6.23. The Bertz CT molecular complexity index is 1850. The number of aromatic nitrogens is 6. The third kappa shape index (κ3) is 6.92. The van der Waals surface area contributed by atoms with Gasteiger partial charge < -0.3 is 10.1 Å². The van der Waals surface area contributed by atoms with Gasteiger partial charge in [0.2, 0.25) is 11.8 Å². The predicted molar refractivity (Wildman–Crippen MR) is 165 cm³/mol. The van der Waals surface area contributed by atoms with Crippen LogP contribution in [0.3, 0.4) is 0 Å². The molecule has 1 atom stereocenters. The summed E-state index contributed by atoms with van der Waals surface area (Å²) in [7, 11) is 0. The Morgan fingerprint density at radius 2 is 1.82 bits per heavy atom. The molecule has 0 spiro atoms. The van der Waals surface area contributed by atoms with E-state index in [1.54, 1.807) is 54.7 Å². The van der Waals surface area contributed by atoms with Crippen LogP contribution in [-0.2, 0) is 20.7 Å². The first-order valence-electron chi connectivity index (χ1n) is 13.9. The van der Waals surface area contributed by atoms with Crippen molar-refractivity contribution < 1.29 is 19.1 Å². The van der Waals surface area contributed by atoms with Gasteiger partial charge in [0.05, 0.1) is 35.7 Å². The molecule has 12 nitrogen and oxygen atoms in total. The van der Waals surface area contributed by atoms with E-state index < -0.39 is 12.1 Å². The van der Waals surface area contributed by atoms with Crippen molar-refractivity contribution in [2.75, 3.05) is 11.5 Å². The third-order valence-electron chi connectivity index (χ3n) is 7.06. The summed E-state index contributed by atoms with van der Waals surface area (Å²) in [5.74, 6) is -0.671. The lowest BCUT2D eigenvalue weighted by atomic mass is 10.00. The number of nitrogens with one attached hydrogen (secondary N) is 1. The molecule has 1 aliphatic heterocycles. The third-order valence-corrected chi connectivity index (χ3v) is 7.30. The summed E-state index contributed by atoms with van der Waals surface area (Å²) < 4.78 is 6.50. The number of amides is 3. The number of ether oxygens (including phenoxy) is 1. The van der Waals surface area contributed by atoms with E-state index in [0.717, 1.165) is 21.6 Å². The molecule has 0 aliphatic carbocycles. The van der Waals surface area contributed by atoms with E-state index in [-0.39, 0.29) is 24.8 Å². The summed E-state index contributed by atoms with van der Waals surface area (Å²) in [5.41, 5.74) is 4.79. The van der Waals surface area contributed by atoms with Crippen molar-refractivity contribution in [2.45, 2.75) is 18.9 Å². The van der Waals surface area contributed by atoms with Crippen molar-refractivity contribution in [2.24, 2.45) is 0 Å². The summed E-state index contributed by atoms with van der Waals surface area (Å²) in [5, 5.41) is 23.4. The SMILES string of the molecule is O=C(C=Cc1cc(Cl)ccc1-n1cnnn1)N[C@@H](Cc1ccccc1)c1cc(-c2ccc(N3C(=O)CCOC3=O)cc2)cnn1. The molecule has 0 saturated carbocycles. The smallest absolute Gasteiger partial charge is 0.421 e. The topological polar surface area (TPSA) is 145 Å². The molecule has 1 aliphatic rings. The molecule has 3 heterocycles. The number of tetrazole rings is 1. The lowest BCUT2D eigenvalue weighted by molar-refractivity contribution is -0.120. The van der Waals surface area contributed by atoms with Crippen molar-refractivity contribution in [3.63, 3.8) is 0 Å². The number of anilines is 1. The highest BCUT2D eigenvalue weighted by molar-refractivity contribution is 6.30. The van der Waals surface area contributed by atoms with Gasteiger partial charge in [0.1, 0.15) is 12.9 Å². The summed E-state index contributed by atoms with van der Waals surface area (Å²) in [4.78, 5) is 38.7. The van der Waals surface area contributed by atoms with Crippen molar-refractivity contribution in [3.8, 4) is 16.8 Å². The number of imide groups is 1. The number of carbonyl (C=O) groups excluding carboxylic acids is 3. The van der Waals surface area contributed by atoms with Crippen molar-refractivity contribution in [3.05, 3.63) is 119 Å². The standard InChI is InChI=1S/C32H25ClN8O4/c33-25-9-12-29(40-20-35-38-39-40)23(17-25)8-13-30(42)36-27(16-21-4-2-1-3-5-21)28-18-24(19-34-37-28)22-6-10-26(11-7-22)41-31(43)14-15-45-32(41)44/h1-13,17-20,27H,14-16H2,(H,36,42)/t27-/m0/s1. The predicted octanol–water partition coefficient (Wildman–Crippen LogP) is 4.76. The van der Waals surface area contributed by atoms with Crippen LogP contribution in [0.5, 0.6) is 0 Å². The van der Waals surface area contributed by atoms with Gasteiger partial charge in [0.25, 0.3) is 0 Å². The van der Waals surface area contributed by atoms with Crippen LogP contribution in [0.15, 0.2) is 97.5 Å². The minimum absolute atomic E-state index is 0.0799. The minimum Gasteiger partial charge on any atom is -0.448 e. The molecule has 1 saturated heterocycles. The molecule has 0 unspecified atom stereocenters. The molecule has 1 fully saturated rings. The molecule has 5 aromatic rings. The average Bonchev–Trinajstić information content (AvgIpc) is 3.59. The molecule has 2 aromatic heterocycles. The fourth-order valence-electron chi connectivity index (χ4n) is 4.87. The molecule has 6 rings (SSSR count). The molecule has 3 amide bonds. The lowest BCUT2D eigenvalue weighted by Gasteiger charge is -2.24. The Kier molecular flexibility index (Phi) is 8.65. The van der Waals surface area contributed by atoms with Gasteiger partial charge in [-0.3, -0.25) is 9.59 Å². The molecule has 45 heavy (non-hydrogen) atoms. The highest BCUT2D eigenvalue weighted by atomic mass is 35.5. The summed E-state index contributed by atoms with van der Waals surface area (Å²) in [6.45, 7) is 0.0799. The highest BCUT2D eigenvalue weighted by Crippen LogP contribution is 2.27. The van der Waals surface area contributed by atoms with Gasteiger partial charge in [-0.2, -0.15) is 14.9 Å². The number of rotatable bonds is 9. The number of hydrogen-bond donors (Lipinski definition) is 1. The van der Waals surface area contributed by atoms with E-state index in [1.165, 1.54) is 17.1 Å². The van der Waals surface area contributed by atoms with Crippen LogP contribution in [-0.4, -0.2) is 54.9 Å². The van der Waals surface area contributed by atoms with Crippen LogP contribution in [0.1, 0.15) is 29.3 Å². The first kappa shape index (κ1) is 29.3. The zero-order chi connectivity index (χ0) is 31.2. The molecular weight excluding hydrogens is 596 g/mol. The normalized spacial score (nSPS) is 13.9. The van der Waals surface area contributed by atoms with E-state index in [0.29, 0.717) is 34.1 Å². The number of carbonyl (C=O) groups is 3. The number of nitrogens with zero attached hydrogens (tertiary/aromatic N) is 7. The molecule has 0 radical (unpaired) electrons. The lowest BCUT2D eigenvalue weighted by Crippen LogP contribution is -2.42. The molecule has 3 aromatic carbocycles. The Balaban J connectivity index is 1.25. The van der Waals surface area contributed by atoms with Gasteiger partial charge in [-0.1, -0.05) is 54.1 Å². The Morgan fingerprint density at radius 3 is 2.58 bits per heavy atom. The number of halogens is 1. The zero-order valence-electron chi connectivity index (χ0n) is 23.7. The van der Waals surface area contributed by atoms with Crippen LogP contribution in [0.4, 0.5) is 10.5 Å². The van der Waals surface area contributed by atoms with Crippen LogP contribution >= 0.6 is 11.6 Å². The Hall–Kier alpha value is -5.75. The first-order valence-corrected chi connectivity index (χ1v) is 14.3. The molecule has 224 valence electrons. The van der Waals surface area contributed by atoms with Gasteiger partial charge >= 0.3 is 6.09 Å². The van der Waals surface area contributed by atoms with Crippen LogP contribution in [0.2, 0.25) is 5.02 Å². The van der Waals surface area contributed by atoms with E-state index in [4.69, 9.17) is 16.3 Å². The number of hydrogen-bond acceptors (Lipinski definition) is 9. The largest absolute Gasteiger partial charge is 0.448 e. The van der Waals surface area contributed by atoms with Crippen molar-refractivity contribution >= 4 is 41.3 Å². The number of cyclic esters (lactones) is 1. The Morgan fingerprint density at radius 1 is 1.00 bits per heavy atom. The van der Waals surface area contributed by atoms with Crippen LogP contribution in [0.25, 0.3) is 22.9 Å². The van der Waals surface area contributed by atoms with Crippen molar-refractivity contribution in [1.82, 2.24) is 35.7 Å². The van der Waals surface area contributed by atoms with Gasteiger partial charge in [-0.25, -0.2) is 9.69 Å². The van der Waals surface area contributed by atoms with E-state index in [2.05, 4.69) is 31.0 Å². The second-order valence-corrected chi connectivity index (χ2v) is 10.5. The maximum absolute atomic E-state index is 13.3. The van der Waals surface area contributed by atoms with Gasteiger partial charge in [-0.15, -0.1) is 5.10 Å². The van der Waals surface area contributed by atoms with Gasteiger partial charge in [-0.05, 0) is 70.4 Å². The maximum atomic E-state index is 13.3. The monoisotopic (exact) mass is 620 g/mol. The van der Waals surface area contributed by atoms with E-state index in [1.807, 2.05) is 36.4 Å². The zero-order valence-corrected chi connectivity index (χ0v) is 24.4. The van der Waals surface area contributed by atoms with Crippen LogP contribution < -0.4 is 10.2 Å². The quantitative estimate of drug-likeness (QED) is 0.231. The molecule has 0 bridgehead atoms. The molecule has 1 N–H and O–H groups in total. The summed E-state index contributed by atoms with van der Waals surface area (Å²) in [6, 6.07) is 23.2. The second-order valence-electron chi connectivity index (χ2n) is 10.1. The van der Waals surface area contributed by atoms with Gasteiger partial charge in [0, 0.05) is 22.2 Å². The second kappa shape index (κ2) is 13.3. The van der Waals surface area contributed by atoms with E-state index in [9.17, 15) is 14.4 Å². The van der Waals surface area contributed by atoms with Crippen LogP contribution in [0, 0.1) is 0 Å². The Labute approximate surface area is 262 Å².